The minimum atomic E-state index is -1.61. The molecule has 6 heteroatoms. The highest BCUT2D eigenvalue weighted by Crippen LogP contribution is 2.49. The normalized spacial score (nSPS) is 24.6. The molecule has 1 saturated heterocycles. The molecule has 1 aliphatic carbocycles. The first-order chi connectivity index (χ1) is 13.4. The second-order valence-corrected chi connectivity index (χ2v) is 8.92. The van der Waals surface area contributed by atoms with Crippen LogP contribution in [-0.2, 0) is 10.3 Å². The van der Waals surface area contributed by atoms with Gasteiger partial charge in [0.05, 0.1) is 11.4 Å². The van der Waals surface area contributed by atoms with Crippen molar-refractivity contribution in [3.05, 3.63) is 42.4 Å². The molecule has 1 saturated carbocycles. The van der Waals surface area contributed by atoms with Gasteiger partial charge in [-0.05, 0) is 55.9 Å². The molecule has 2 aromatic rings. The molecule has 0 radical (unpaired) electrons. The first-order valence-corrected chi connectivity index (χ1v) is 10.3. The van der Waals surface area contributed by atoms with E-state index in [4.69, 9.17) is 0 Å². The van der Waals surface area contributed by atoms with Crippen molar-refractivity contribution < 1.29 is 9.18 Å². The predicted molar refractivity (Wildman–Crippen MR) is 106 cm³/mol. The Morgan fingerprint density at radius 1 is 1.25 bits per heavy atom. The van der Waals surface area contributed by atoms with Gasteiger partial charge in [0.25, 0.3) is 5.91 Å². The van der Waals surface area contributed by atoms with E-state index in [0.29, 0.717) is 31.8 Å². The number of halogens is 1. The van der Waals surface area contributed by atoms with Gasteiger partial charge in [-0.3, -0.25) is 4.79 Å². The minimum Gasteiger partial charge on any atom is -0.355 e. The Kier molecular flexibility index (Phi) is 3.83. The van der Waals surface area contributed by atoms with Gasteiger partial charge in [-0.25, -0.2) is 9.37 Å². The first kappa shape index (κ1) is 17.7. The van der Waals surface area contributed by atoms with E-state index >= 15 is 0 Å². The number of nitrogens with zero attached hydrogens (tertiary/aromatic N) is 4. The van der Waals surface area contributed by atoms with Crippen LogP contribution in [0.2, 0.25) is 0 Å². The summed E-state index contributed by atoms with van der Waals surface area (Å²) in [5.41, 5.74) is 0.323. The molecule has 4 heterocycles. The van der Waals surface area contributed by atoms with Gasteiger partial charge >= 0.3 is 0 Å². The maximum Gasteiger partial charge on any atom is 0.260 e. The zero-order valence-corrected chi connectivity index (χ0v) is 16.6. The first-order valence-electron chi connectivity index (χ1n) is 10.3. The maximum atomic E-state index is 14.5. The van der Waals surface area contributed by atoms with E-state index < -0.39 is 5.67 Å². The molecule has 0 N–H and O–H groups in total. The van der Waals surface area contributed by atoms with Crippen LogP contribution >= 0.6 is 0 Å². The van der Waals surface area contributed by atoms with Crippen molar-refractivity contribution in [3.63, 3.8) is 0 Å². The minimum absolute atomic E-state index is 0.316. The second kappa shape index (κ2) is 6.06. The summed E-state index contributed by atoms with van der Waals surface area (Å²) in [4.78, 5) is 21.6. The Balaban J connectivity index is 1.58. The number of fused-ring (bicyclic) bond motifs is 4. The fraction of sp³-hybridized carbons (Fsp3) is 0.545. The lowest BCUT2D eigenvalue weighted by Crippen LogP contribution is -2.53. The number of hydrogen-bond acceptors (Lipinski definition) is 3. The van der Waals surface area contributed by atoms with Crippen LogP contribution < -0.4 is 4.90 Å². The van der Waals surface area contributed by atoms with Crippen LogP contribution in [0.1, 0.15) is 45.2 Å². The van der Waals surface area contributed by atoms with Crippen LogP contribution in [0.5, 0.6) is 0 Å². The van der Waals surface area contributed by atoms with Gasteiger partial charge in [-0.2, -0.15) is 0 Å². The predicted octanol–water partition coefficient (Wildman–Crippen LogP) is 3.67. The zero-order chi connectivity index (χ0) is 19.5. The summed E-state index contributed by atoms with van der Waals surface area (Å²) in [5, 5.41) is 0. The molecule has 148 valence electrons. The monoisotopic (exact) mass is 382 g/mol. The highest BCUT2D eigenvalue weighted by Gasteiger charge is 2.57. The third-order valence-electron chi connectivity index (χ3n) is 6.56. The molecule has 2 aliphatic heterocycles. The molecule has 1 amide bonds. The van der Waals surface area contributed by atoms with Gasteiger partial charge in [-0.1, -0.05) is 13.8 Å². The molecule has 5 rings (SSSR count). The van der Waals surface area contributed by atoms with Crippen molar-refractivity contribution in [2.75, 3.05) is 24.5 Å². The number of alkyl halides is 1. The molecule has 0 aromatic carbocycles. The van der Waals surface area contributed by atoms with Gasteiger partial charge in [0.15, 0.2) is 11.5 Å². The summed E-state index contributed by atoms with van der Waals surface area (Å²) in [6.45, 7) is 6.49. The van der Waals surface area contributed by atoms with Crippen LogP contribution in [0.3, 0.4) is 0 Å². The summed E-state index contributed by atoms with van der Waals surface area (Å²) < 4.78 is 16.7. The smallest absolute Gasteiger partial charge is 0.260 e. The summed E-state index contributed by atoms with van der Waals surface area (Å²) in [7, 11) is 0. The van der Waals surface area contributed by atoms with Crippen molar-refractivity contribution in [1.82, 2.24) is 14.5 Å². The lowest BCUT2D eigenvalue weighted by molar-refractivity contribution is -0.137. The lowest BCUT2D eigenvalue weighted by Gasteiger charge is -2.47. The van der Waals surface area contributed by atoms with Gasteiger partial charge in [0.1, 0.15) is 5.54 Å². The average Bonchev–Trinajstić information content (AvgIpc) is 3.10. The molecule has 0 bridgehead atoms. The van der Waals surface area contributed by atoms with E-state index in [0.717, 1.165) is 36.6 Å². The van der Waals surface area contributed by atoms with Crippen LogP contribution in [-0.4, -0.2) is 45.7 Å². The number of aromatic nitrogens is 2. The third-order valence-corrected chi connectivity index (χ3v) is 6.56. The Morgan fingerprint density at radius 3 is 2.82 bits per heavy atom. The van der Waals surface area contributed by atoms with Gasteiger partial charge in [0.2, 0.25) is 0 Å². The maximum absolute atomic E-state index is 14.5. The van der Waals surface area contributed by atoms with E-state index in [1.807, 2.05) is 24.5 Å². The van der Waals surface area contributed by atoms with Gasteiger partial charge < -0.3 is 14.4 Å². The van der Waals surface area contributed by atoms with Crippen molar-refractivity contribution in [1.29, 1.82) is 0 Å². The zero-order valence-electron chi connectivity index (χ0n) is 16.6. The summed E-state index contributed by atoms with van der Waals surface area (Å²) >= 11 is 0. The van der Waals surface area contributed by atoms with Crippen LogP contribution in [0.25, 0.3) is 5.82 Å². The fourth-order valence-electron chi connectivity index (χ4n) is 4.82. The molecule has 1 spiro atoms. The molecule has 2 fully saturated rings. The topological polar surface area (TPSA) is 41.4 Å². The van der Waals surface area contributed by atoms with E-state index in [-0.39, 0.29) is 11.4 Å². The van der Waals surface area contributed by atoms with Gasteiger partial charge in [-0.15, -0.1) is 0 Å². The number of pyridine rings is 1. The number of carbonyl (C=O) groups excluding carboxylic acids is 1. The van der Waals surface area contributed by atoms with Crippen molar-refractivity contribution in [2.24, 2.45) is 5.92 Å². The SMILES string of the molecule is CC(C)CCN1c2cccnc2-n2cccc2C12CCN(C(=O)C1(F)CC1)C2. The largest absolute Gasteiger partial charge is 0.355 e. The lowest BCUT2D eigenvalue weighted by atomic mass is 9.88. The van der Waals surface area contributed by atoms with Crippen molar-refractivity contribution >= 4 is 11.6 Å². The molecule has 3 aliphatic rings. The molecule has 2 aromatic heterocycles. The third kappa shape index (κ3) is 2.50. The molecule has 1 atom stereocenters. The Morgan fingerprint density at radius 2 is 2.07 bits per heavy atom. The Hall–Kier alpha value is -2.37. The van der Waals surface area contributed by atoms with Crippen LogP contribution in [0.15, 0.2) is 36.7 Å². The number of anilines is 1. The number of amides is 1. The molecule has 5 nitrogen and oxygen atoms in total. The second-order valence-electron chi connectivity index (χ2n) is 8.92. The molecule has 28 heavy (non-hydrogen) atoms. The standard InChI is InChI=1S/C22H27FN4O/c1-16(2)7-13-27-17-5-3-11-24-19(17)26-12-4-6-18(26)22(27)10-14-25(15-22)20(28)21(23)8-9-21/h3-6,11-12,16H,7-10,13-15H2,1-2H3. The van der Waals surface area contributed by atoms with E-state index in [1.165, 1.54) is 0 Å². The summed E-state index contributed by atoms with van der Waals surface area (Å²) in [6.07, 6.45) is 6.48. The van der Waals surface area contributed by atoms with Crippen molar-refractivity contribution in [2.45, 2.75) is 50.7 Å². The Labute approximate surface area is 165 Å². The highest BCUT2D eigenvalue weighted by molar-refractivity contribution is 5.88. The molecule has 1 unspecified atom stereocenters. The number of rotatable bonds is 4. The van der Waals surface area contributed by atoms with E-state index in [9.17, 15) is 9.18 Å². The Bertz CT molecular complexity index is 919. The molecular weight excluding hydrogens is 355 g/mol. The fourth-order valence-corrected chi connectivity index (χ4v) is 4.82. The van der Waals surface area contributed by atoms with E-state index in [2.05, 4.69) is 40.4 Å². The van der Waals surface area contributed by atoms with Crippen LogP contribution in [0, 0.1) is 5.92 Å². The van der Waals surface area contributed by atoms with Crippen molar-refractivity contribution in [3.8, 4) is 5.82 Å². The van der Waals surface area contributed by atoms with Gasteiger partial charge in [0, 0.05) is 32.0 Å². The average molecular weight is 382 g/mol. The highest BCUT2D eigenvalue weighted by atomic mass is 19.1. The number of likely N-dealkylation sites (tertiary alicyclic amines) is 1. The summed E-state index contributed by atoms with van der Waals surface area (Å²) in [6, 6.07) is 8.28. The molecular formula is C22H27FN4O. The number of carbonyl (C=O) groups is 1. The summed E-state index contributed by atoms with van der Waals surface area (Å²) in [5.74, 6) is 1.19. The number of hydrogen-bond donors (Lipinski definition) is 0. The van der Waals surface area contributed by atoms with Crippen LogP contribution in [0.4, 0.5) is 10.1 Å². The van der Waals surface area contributed by atoms with E-state index in [1.54, 1.807) is 4.90 Å². The quantitative estimate of drug-likeness (QED) is 0.810.